The van der Waals surface area contributed by atoms with Crippen LogP contribution in [0.25, 0.3) is 88.6 Å². The molecular weight excluding hydrogens is 733 g/mol. The van der Waals surface area contributed by atoms with Crippen molar-refractivity contribution in [2.24, 2.45) is 0 Å². The van der Waals surface area contributed by atoms with Crippen LogP contribution in [-0.4, -0.2) is 4.98 Å². The second kappa shape index (κ2) is 13.2. The molecule has 284 valence electrons. The first-order chi connectivity index (χ1) is 29.5. The molecule has 2 heterocycles. The molecule has 0 saturated carbocycles. The van der Waals surface area contributed by atoms with Gasteiger partial charge in [0.1, 0.15) is 16.7 Å². The van der Waals surface area contributed by atoms with Crippen LogP contribution in [0.15, 0.2) is 203 Å². The van der Waals surface area contributed by atoms with Gasteiger partial charge >= 0.3 is 0 Å². The fourth-order valence-electron chi connectivity index (χ4n) is 9.54. The smallest absolute Gasteiger partial charge is 0.227 e. The predicted octanol–water partition coefficient (Wildman–Crippen LogP) is 15.7. The van der Waals surface area contributed by atoms with Crippen LogP contribution in [0.2, 0.25) is 0 Å². The van der Waals surface area contributed by atoms with E-state index in [1.165, 1.54) is 44.2 Å². The summed E-state index contributed by atoms with van der Waals surface area (Å²) in [5.74, 6) is 0.599. The molecule has 1 aliphatic carbocycles. The van der Waals surface area contributed by atoms with Crippen molar-refractivity contribution in [3.8, 4) is 44.8 Å². The molecule has 0 unspecified atom stereocenters. The molecule has 0 fully saturated rings. The van der Waals surface area contributed by atoms with Crippen molar-refractivity contribution >= 4 is 60.9 Å². The van der Waals surface area contributed by atoms with Crippen molar-refractivity contribution in [1.82, 2.24) is 4.98 Å². The molecule has 0 N–H and O–H groups in total. The average Bonchev–Trinajstić information content (AvgIpc) is 3.95. The molecule has 4 nitrogen and oxygen atoms in total. The van der Waals surface area contributed by atoms with E-state index < -0.39 is 0 Å². The number of hydrogen-bond acceptors (Lipinski definition) is 4. The summed E-state index contributed by atoms with van der Waals surface area (Å²) in [7, 11) is 0. The van der Waals surface area contributed by atoms with Gasteiger partial charge in [0.2, 0.25) is 5.89 Å². The predicted molar refractivity (Wildman–Crippen MR) is 247 cm³/mol. The molecule has 0 spiro atoms. The third kappa shape index (κ3) is 5.34. The van der Waals surface area contributed by atoms with Gasteiger partial charge in [-0.2, -0.15) is 0 Å². The molecule has 4 heteroatoms. The first kappa shape index (κ1) is 34.4. The van der Waals surface area contributed by atoms with Crippen molar-refractivity contribution in [1.29, 1.82) is 0 Å². The molecule has 0 atom stereocenters. The van der Waals surface area contributed by atoms with Crippen molar-refractivity contribution < 1.29 is 8.83 Å². The van der Waals surface area contributed by atoms with Gasteiger partial charge in [0.15, 0.2) is 5.58 Å². The monoisotopic (exact) mass is 770 g/mol. The summed E-state index contributed by atoms with van der Waals surface area (Å²) in [5, 5.41) is 4.55. The number of benzene rings is 9. The Labute approximate surface area is 347 Å². The molecule has 0 bridgehead atoms. The van der Waals surface area contributed by atoms with Crippen LogP contribution in [0.3, 0.4) is 0 Å². The molecule has 60 heavy (non-hydrogen) atoms. The molecule has 11 aromatic rings. The first-order valence-corrected chi connectivity index (χ1v) is 20.5. The lowest BCUT2D eigenvalue weighted by Crippen LogP contribution is -2.15. The molecule has 0 radical (unpaired) electrons. The maximum Gasteiger partial charge on any atom is 0.227 e. The van der Waals surface area contributed by atoms with E-state index in [-0.39, 0.29) is 5.41 Å². The average molecular weight is 771 g/mol. The number of hydrogen-bond donors (Lipinski definition) is 0. The molecule has 1 aliphatic rings. The Hall–Kier alpha value is -7.69. The van der Waals surface area contributed by atoms with Crippen LogP contribution >= 0.6 is 0 Å². The largest absolute Gasteiger partial charge is 0.456 e. The molecule has 2 aromatic heterocycles. The Morgan fingerprint density at radius 1 is 0.417 bits per heavy atom. The zero-order valence-corrected chi connectivity index (χ0v) is 33.2. The van der Waals surface area contributed by atoms with Crippen LogP contribution in [0, 0.1) is 0 Å². The lowest BCUT2D eigenvalue weighted by Gasteiger charge is -2.27. The fourth-order valence-corrected chi connectivity index (χ4v) is 9.54. The highest BCUT2D eigenvalue weighted by atomic mass is 16.4. The van der Waals surface area contributed by atoms with Gasteiger partial charge in [0.25, 0.3) is 0 Å². The number of rotatable bonds is 6. The number of anilines is 3. The van der Waals surface area contributed by atoms with Crippen LogP contribution in [0.1, 0.15) is 25.0 Å². The summed E-state index contributed by atoms with van der Waals surface area (Å²) in [6.45, 7) is 4.67. The maximum atomic E-state index is 6.47. The van der Waals surface area contributed by atoms with Crippen molar-refractivity contribution in [2.75, 3.05) is 4.90 Å². The molecule has 9 aromatic carbocycles. The lowest BCUT2D eigenvalue weighted by molar-refractivity contribution is 0.620. The van der Waals surface area contributed by atoms with E-state index in [9.17, 15) is 0 Å². The number of nitrogens with zero attached hydrogens (tertiary/aromatic N) is 2. The van der Waals surface area contributed by atoms with Gasteiger partial charge in [-0.3, -0.25) is 0 Å². The van der Waals surface area contributed by atoms with E-state index in [1.54, 1.807) is 0 Å². The molecule has 12 rings (SSSR count). The van der Waals surface area contributed by atoms with E-state index in [2.05, 4.69) is 170 Å². The second-order valence-electron chi connectivity index (χ2n) is 16.3. The summed E-state index contributed by atoms with van der Waals surface area (Å²) >= 11 is 0. The van der Waals surface area contributed by atoms with Gasteiger partial charge in [0, 0.05) is 44.9 Å². The van der Waals surface area contributed by atoms with Gasteiger partial charge in [-0.1, -0.05) is 141 Å². The minimum atomic E-state index is -0.0707. The van der Waals surface area contributed by atoms with E-state index in [4.69, 9.17) is 13.8 Å². The summed E-state index contributed by atoms with van der Waals surface area (Å²) < 4.78 is 12.8. The topological polar surface area (TPSA) is 42.4 Å². The van der Waals surface area contributed by atoms with E-state index in [0.717, 1.165) is 66.8 Å². The van der Waals surface area contributed by atoms with Crippen LogP contribution in [0.4, 0.5) is 17.1 Å². The summed E-state index contributed by atoms with van der Waals surface area (Å²) in [6.07, 6.45) is 0. The quantitative estimate of drug-likeness (QED) is 0.169. The van der Waals surface area contributed by atoms with Crippen LogP contribution in [-0.2, 0) is 5.41 Å². The third-order valence-corrected chi connectivity index (χ3v) is 12.5. The summed E-state index contributed by atoms with van der Waals surface area (Å²) in [4.78, 5) is 7.18. The maximum absolute atomic E-state index is 6.47. The highest BCUT2D eigenvalue weighted by Gasteiger charge is 2.35. The summed E-state index contributed by atoms with van der Waals surface area (Å²) in [5.41, 5.74) is 17.2. The SMILES string of the molecule is CC1(C)c2ccccc2-c2cc(N(c3ccc(-c4cccc5ccccc45)cc3)c3ccc(-c4cccc5oc6cc7nc(-c8ccccc8)oc7cc6c45)cc3)ccc21. The Balaban J connectivity index is 0.971. The number of furan rings is 1. The number of fused-ring (bicyclic) bond motifs is 8. The van der Waals surface area contributed by atoms with E-state index >= 15 is 0 Å². The Morgan fingerprint density at radius 2 is 1.05 bits per heavy atom. The van der Waals surface area contributed by atoms with Crippen molar-refractivity contribution in [2.45, 2.75) is 19.3 Å². The number of oxazole rings is 1. The molecular formula is C56H38N2O2. The molecule has 0 amide bonds. The van der Waals surface area contributed by atoms with Gasteiger partial charge in [0.05, 0.1) is 0 Å². The highest BCUT2D eigenvalue weighted by molar-refractivity contribution is 6.15. The molecule has 0 aliphatic heterocycles. The fraction of sp³-hybridized carbons (Fsp3) is 0.0536. The zero-order valence-electron chi connectivity index (χ0n) is 33.2. The molecule has 0 saturated heterocycles. The lowest BCUT2D eigenvalue weighted by atomic mass is 9.82. The third-order valence-electron chi connectivity index (χ3n) is 12.5. The Kier molecular flexibility index (Phi) is 7.54. The van der Waals surface area contributed by atoms with Gasteiger partial charge in [-0.15, -0.1) is 0 Å². The van der Waals surface area contributed by atoms with Crippen molar-refractivity contribution in [3.05, 3.63) is 205 Å². The minimum Gasteiger partial charge on any atom is -0.456 e. The van der Waals surface area contributed by atoms with Crippen molar-refractivity contribution in [3.63, 3.8) is 0 Å². The van der Waals surface area contributed by atoms with E-state index in [0.29, 0.717) is 5.89 Å². The number of aromatic nitrogens is 1. The van der Waals surface area contributed by atoms with E-state index in [1.807, 2.05) is 42.5 Å². The Bertz CT molecular complexity index is 3440. The normalized spacial score (nSPS) is 13.0. The van der Waals surface area contributed by atoms with Crippen LogP contribution in [0.5, 0.6) is 0 Å². The summed E-state index contributed by atoms with van der Waals surface area (Å²) in [6, 6.07) is 69.3. The zero-order chi connectivity index (χ0) is 40.0. The van der Waals surface area contributed by atoms with Gasteiger partial charge < -0.3 is 13.7 Å². The highest BCUT2D eigenvalue weighted by Crippen LogP contribution is 2.51. The van der Waals surface area contributed by atoms with Gasteiger partial charge in [-0.05, 0) is 116 Å². The standard InChI is InChI=1S/C56H38N2O2/c1-56(2)48-20-9-8-17-45(48)46-32-41(30-31-49(46)56)58(39-26-22-36(23-27-39)43-18-10-15-35-12-6-7-16-42(35)43)40-28-24-37(25-29-40)44-19-11-21-51-54(44)47-33-53-50(34-52(47)59-51)57-55(60-53)38-13-4-3-5-14-38/h3-34H,1-2H3. The van der Waals surface area contributed by atoms with Gasteiger partial charge in [-0.25, -0.2) is 4.98 Å². The van der Waals surface area contributed by atoms with Crippen LogP contribution < -0.4 is 4.90 Å². The Morgan fingerprint density at radius 3 is 1.87 bits per heavy atom. The minimum absolute atomic E-state index is 0.0707. The first-order valence-electron chi connectivity index (χ1n) is 20.5. The second-order valence-corrected chi connectivity index (χ2v) is 16.3.